The smallest absolute Gasteiger partial charge is 0.326 e. The maximum absolute atomic E-state index is 12.0. The van der Waals surface area contributed by atoms with Crippen LogP contribution in [0.5, 0.6) is 0 Å². The number of aliphatic carboxylic acids is 1. The van der Waals surface area contributed by atoms with Crippen molar-refractivity contribution in [1.82, 2.24) is 5.32 Å². The maximum atomic E-state index is 12.0. The van der Waals surface area contributed by atoms with E-state index < -0.39 is 17.4 Å². The normalized spacial score (nSPS) is 19.3. The van der Waals surface area contributed by atoms with Crippen molar-refractivity contribution in [1.29, 1.82) is 0 Å². The fourth-order valence-electron chi connectivity index (χ4n) is 2.28. The third-order valence-corrected chi connectivity index (χ3v) is 3.80. The van der Waals surface area contributed by atoms with Crippen LogP contribution in [-0.2, 0) is 9.59 Å². The molecule has 0 spiro atoms. The van der Waals surface area contributed by atoms with E-state index in [4.69, 9.17) is 5.73 Å². The van der Waals surface area contributed by atoms with Crippen LogP contribution in [-0.4, -0.2) is 29.6 Å². The van der Waals surface area contributed by atoms with Gasteiger partial charge in [-0.25, -0.2) is 4.79 Å². The van der Waals surface area contributed by atoms with Gasteiger partial charge in [-0.15, -0.1) is 0 Å². The van der Waals surface area contributed by atoms with E-state index in [9.17, 15) is 14.7 Å². The van der Waals surface area contributed by atoms with E-state index in [1.165, 1.54) is 0 Å². The molecule has 1 saturated carbocycles. The SMILES string of the molecule is CC(C)(CN)C(=O)NC(C(=O)O)C1CCCCC1. The molecule has 1 atom stereocenters. The number of rotatable bonds is 5. The fraction of sp³-hybridized carbons (Fsp3) is 0.846. The molecule has 0 radical (unpaired) electrons. The zero-order chi connectivity index (χ0) is 13.8. The molecule has 1 aliphatic carbocycles. The summed E-state index contributed by atoms with van der Waals surface area (Å²) >= 11 is 0. The molecule has 4 N–H and O–H groups in total. The van der Waals surface area contributed by atoms with E-state index in [0.717, 1.165) is 32.1 Å². The van der Waals surface area contributed by atoms with Gasteiger partial charge >= 0.3 is 5.97 Å². The molecule has 5 heteroatoms. The average molecular weight is 256 g/mol. The monoisotopic (exact) mass is 256 g/mol. The number of hydrogen-bond donors (Lipinski definition) is 3. The van der Waals surface area contributed by atoms with E-state index in [1.54, 1.807) is 13.8 Å². The Morgan fingerprint density at radius 3 is 2.33 bits per heavy atom. The van der Waals surface area contributed by atoms with Crippen LogP contribution in [0.4, 0.5) is 0 Å². The number of hydrogen-bond acceptors (Lipinski definition) is 3. The molecule has 5 nitrogen and oxygen atoms in total. The lowest BCUT2D eigenvalue weighted by atomic mass is 9.83. The van der Waals surface area contributed by atoms with Crippen molar-refractivity contribution in [2.45, 2.75) is 52.0 Å². The molecule has 0 heterocycles. The van der Waals surface area contributed by atoms with E-state index >= 15 is 0 Å². The van der Waals surface area contributed by atoms with Crippen LogP contribution in [0.2, 0.25) is 0 Å². The number of carbonyl (C=O) groups excluding carboxylic acids is 1. The van der Waals surface area contributed by atoms with Crippen LogP contribution < -0.4 is 11.1 Å². The molecule has 0 aromatic carbocycles. The second-order valence-corrected chi connectivity index (χ2v) is 5.78. The zero-order valence-electron chi connectivity index (χ0n) is 11.2. The molecule has 1 aliphatic rings. The van der Waals surface area contributed by atoms with Gasteiger partial charge in [-0.05, 0) is 32.6 Å². The first-order valence-corrected chi connectivity index (χ1v) is 6.62. The first-order valence-electron chi connectivity index (χ1n) is 6.62. The summed E-state index contributed by atoms with van der Waals surface area (Å²) in [4.78, 5) is 23.3. The lowest BCUT2D eigenvalue weighted by Crippen LogP contribution is -2.52. The summed E-state index contributed by atoms with van der Waals surface area (Å²) in [6.45, 7) is 3.65. The number of carbonyl (C=O) groups is 2. The summed E-state index contributed by atoms with van der Waals surface area (Å²) in [7, 11) is 0. The van der Waals surface area contributed by atoms with Gasteiger partial charge < -0.3 is 16.2 Å². The Morgan fingerprint density at radius 1 is 1.33 bits per heavy atom. The minimum atomic E-state index is -0.942. The van der Waals surface area contributed by atoms with E-state index in [0.29, 0.717) is 0 Å². The summed E-state index contributed by atoms with van der Waals surface area (Å²) in [6, 6.07) is -0.774. The summed E-state index contributed by atoms with van der Waals surface area (Å²) in [5, 5.41) is 11.9. The number of nitrogens with two attached hydrogens (primary N) is 1. The molecule has 1 fully saturated rings. The highest BCUT2D eigenvalue weighted by molar-refractivity contribution is 5.87. The van der Waals surface area contributed by atoms with Crippen LogP contribution in [0, 0.1) is 11.3 Å². The summed E-state index contributed by atoms with van der Waals surface area (Å²) in [5.41, 5.74) is 4.81. The highest BCUT2D eigenvalue weighted by Gasteiger charge is 2.34. The molecule has 0 aliphatic heterocycles. The van der Waals surface area contributed by atoms with Gasteiger partial charge in [0, 0.05) is 6.54 Å². The molecular weight excluding hydrogens is 232 g/mol. The summed E-state index contributed by atoms with van der Waals surface area (Å²) in [6.07, 6.45) is 5.00. The van der Waals surface area contributed by atoms with Gasteiger partial charge in [0.05, 0.1) is 5.41 Å². The third-order valence-electron chi connectivity index (χ3n) is 3.80. The Morgan fingerprint density at radius 2 is 1.89 bits per heavy atom. The maximum Gasteiger partial charge on any atom is 0.326 e. The first kappa shape index (κ1) is 15.0. The molecule has 1 amide bonds. The van der Waals surface area contributed by atoms with Gasteiger partial charge in [0.15, 0.2) is 0 Å². The Bertz CT molecular complexity index is 309. The van der Waals surface area contributed by atoms with Gasteiger partial charge in [-0.3, -0.25) is 4.79 Å². The molecule has 0 aromatic rings. The van der Waals surface area contributed by atoms with Gasteiger partial charge in [0.1, 0.15) is 6.04 Å². The van der Waals surface area contributed by atoms with Crippen molar-refractivity contribution < 1.29 is 14.7 Å². The predicted octanol–water partition coefficient (Wildman–Crippen LogP) is 1.12. The Balaban J connectivity index is 2.68. The first-order chi connectivity index (χ1) is 8.38. The fourth-order valence-corrected chi connectivity index (χ4v) is 2.28. The van der Waals surface area contributed by atoms with Crippen LogP contribution in [0.25, 0.3) is 0 Å². The largest absolute Gasteiger partial charge is 0.480 e. The molecule has 104 valence electrons. The lowest BCUT2D eigenvalue weighted by molar-refractivity contribution is -0.145. The zero-order valence-corrected chi connectivity index (χ0v) is 11.2. The van der Waals surface area contributed by atoms with Crippen LogP contribution in [0.3, 0.4) is 0 Å². The molecule has 18 heavy (non-hydrogen) atoms. The minimum Gasteiger partial charge on any atom is -0.480 e. The Hall–Kier alpha value is -1.10. The highest BCUT2D eigenvalue weighted by atomic mass is 16.4. The van der Waals surface area contributed by atoms with Crippen molar-refractivity contribution in [2.24, 2.45) is 17.1 Å². The summed E-state index contributed by atoms with van der Waals surface area (Å²) in [5.74, 6) is -1.17. The minimum absolute atomic E-state index is 0.0498. The second-order valence-electron chi connectivity index (χ2n) is 5.78. The topological polar surface area (TPSA) is 92.4 Å². The lowest BCUT2D eigenvalue weighted by Gasteiger charge is -2.31. The number of nitrogens with one attached hydrogen (secondary N) is 1. The van der Waals surface area contributed by atoms with Gasteiger partial charge in [-0.1, -0.05) is 19.3 Å². The second kappa shape index (κ2) is 6.18. The van der Waals surface area contributed by atoms with Crippen molar-refractivity contribution in [3.05, 3.63) is 0 Å². The molecule has 0 saturated heterocycles. The van der Waals surface area contributed by atoms with Crippen molar-refractivity contribution in [2.75, 3.05) is 6.54 Å². The molecule has 1 rings (SSSR count). The van der Waals surface area contributed by atoms with Crippen molar-refractivity contribution in [3.63, 3.8) is 0 Å². The molecule has 1 unspecified atom stereocenters. The summed E-state index contributed by atoms with van der Waals surface area (Å²) < 4.78 is 0. The van der Waals surface area contributed by atoms with Crippen molar-refractivity contribution >= 4 is 11.9 Å². The Labute approximate surface area is 108 Å². The standard InChI is InChI=1S/C13H24N2O3/c1-13(2,8-14)12(18)15-10(11(16)17)9-6-4-3-5-7-9/h9-10H,3-8,14H2,1-2H3,(H,15,18)(H,16,17). The highest BCUT2D eigenvalue weighted by Crippen LogP contribution is 2.27. The predicted molar refractivity (Wildman–Crippen MR) is 69.0 cm³/mol. The average Bonchev–Trinajstić information content (AvgIpc) is 2.36. The van der Waals surface area contributed by atoms with Crippen LogP contribution in [0.1, 0.15) is 46.0 Å². The Kier molecular flexibility index (Phi) is 5.14. The quantitative estimate of drug-likeness (QED) is 0.687. The van der Waals surface area contributed by atoms with E-state index in [2.05, 4.69) is 5.32 Å². The molecule has 0 bridgehead atoms. The van der Waals surface area contributed by atoms with Crippen molar-refractivity contribution in [3.8, 4) is 0 Å². The van der Waals surface area contributed by atoms with E-state index in [-0.39, 0.29) is 18.4 Å². The van der Waals surface area contributed by atoms with Crippen LogP contribution >= 0.6 is 0 Å². The van der Waals surface area contributed by atoms with E-state index in [1.807, 2.05) is 0 Å². The third kappa shape index (κ3) is 3.70. The van der Waals surface area contributed by atoms with Crippen LogP contribution in [0.15, 0.2) is 0 Å². The number of carboxylic acids is 1. The molecule has 0 aromatic heterocycles. The van der Waals surface area contributed by atoms with Gasteiger partial charge in [0.2, 0.25) is 5.91 Å². The van der Waals surface area contributed by atoms with Gasteiger partial charge in [0.25, 0.3) is 0 Å². The molecular formula is C13H24N2O3. The van der Waals surface area contributed by atoms with Gasteiger partial charge in [-0.2, -0.15) is 0 Å². The number of amides is 1. The number of carboxylic acid groups (broad SMARTS) is 1.